The Bertz CT molecular complexity index is 213. The van der Waals surface area contributed by atoms with Crippen LogP contribution in [0.5, 0.6) is 0 Å². The van der Waals surface area contributed by atoms with E-state index in [1.165, 1.54) is 6.08 Å². The van der Waals surface area contributed by atoms with Crippen LogP contribution in [0, 0.1) is 0 Å². The maximum atomic E-state index is 10.5. The molecule has 0 aliphatic heterocycles. The number of nitrogens with zero attached hydrogens (tertiary/aromatic N) is 1. The summed E-state index contributed by atoms with van der Waals surface area (Å²) in [5, 5.41) is 8.28. The van der Waals surface area contributed by atoms with Crippen LogP contribution in [0.15, 0.2) is 12.2 Å². The second-order valence-electron chi connectivity index (χ2n) is 2.53. The zero-order valence-electron chi connectivity index (χ0n) is 7.56. The van der Waals surface area contributed by atoms with Crippen molar-refractivity contribution in [3.05, 3.63) is 12.2 Å². The van der Waals surface area contributed by atoms with Crippen molar-refractivity contribution >= 4 is 11.9 Å². The zero-order valence-corrected chi connectivity index (χ0v) is 7.56. The van der Waals surface area contributed by atoms with Gasteiger partial charge < -0.3 is 10.8 Å². The summed E-state index contributed by atoms with van der Waals surface area (Å²) in [5.74, 6) is -1.40. The number of aliphatic carboxylic acids is 1. The van der Waals surface area contributed by atoms with Crippen LogP contribution in [0.4, 0.5) is 0 Å². The third-order valence-electron chi connectivity index (χ3n) is 1.45. The lowest BCUT2D eigenvalue weighted by atomic mass is 10.4. The molecule has 0 spiro atoms. The van der Waals surface area contributed by atoms with Crippen LogP contribution in [0.1, 0.15) is 6.92 Å². The Morgan fingerprint density at radius 1 is 1.54 bits per heavy atom. The summed E-state index contributed by atoms with van der Waals surface area (Å²) in [6.07, 6.45) is 2.53. The molecule has 0 heterocycles. The SMILES string of the molecule is CCN(C/C=C/C(=O)O)CC(N)=O. The van der Waals surface area contributed by atoms with E-state index < -0.39 is 11.9 Å². The van der Waals surface area contributed by atoms with Crippen LogP contribution >= 0.6 is 0 Å². The maximum Gasteiger partial charge on any atom is 0.328 e. The monoisotopic (exact) mass is 186 g/mol. The Morgan fingerprint density at radius 3 is 2.54 bits per heavy atom. The third kappa shape index (κ3) is 7.02. The van der Waals surface area contributed by atoms with Gasteiger partial charge in [0.25, 0.3) is 0 Å². The lowest BCUT2D eigenvalue weighted by Gasteiger charge is -2.15. The Hall–Kier alpha value is -1.36. The Morgan fingerprint density at radius 2 is 2.15 bits per heavy atom. The molecule has 0 fully saturated rings. The van der Waals surface area contributed by atoms with Gasteiger partial charge in [-0.2, -0.15) is 0 Å². The molecule has 3 N–H and O–H groups in total. The average molecular weight is 186 g/mol. The molecule has 0 rings (SSSR count). The largest absolute Gasteiger partial charge is 0.478 e. The van der Waals surface area contributed by atoms with Crippen LogP contribution in [0.2, 0.25) is 0 Å². The summed E-state index contributed by atoms with van der Waals surface area (Å²) in [4.78, 5) is 22.3. The Balaban J connectivity index is 3.84. The van der Waals surface area contributed by atoms with E-state index in [0.717, 1.165) is 6.08 Å². The lowest BCUT2D eigenvalue weighted by Crippen LogP contribution is -2.33. The molecule has 74 valence electrons. The number of carbonyl (C=O) groups is 2. The molecule has 0 aliphatic rings. The second kappa shape index (κ2) is 6.19. The molecule has 0 saturated heterocycles. The van der Waals surface area contributed by atoms with Gasteiger partial charge in [-0.05, 0) is 6.54 Å². The van der Waals surface area contributed by atoms with Crippen LogP contribution in [0.3, 0.4) is 0 Å². The van der Waals surface area contributed by atoms with Crippen molar-refractivity contribution < 1.29 is 14.7 Å². The number of likely N-dealkylation sites (N-methyl/N-ethyl adjacent to an activating group) is 1. The fraction of sp³-hybridized carbons (Fsp3) is 0.500. The summed E-state index contributed by atoms with van der Waals surface area (Å²) >= 11 is 0. The van der Waals surface area contributed by atoms with E-state index in [9.17, 15) is 9.59 Å². The minimum atomic E-state index is -0.991. The minimum absolute atomic E-state index is 0.153. The van der Waals surface area contributed by atoms with E-state index in [1.807, 2.05) is 6.92 Å². The number of hydrogen-bond acceptors (Lipinski definition) is 3. The quantitative estimate of drug-likeness (QED) is 0.544. The van der Waals surface area contributed by atoms with Gasteiger partial charge in [-0.1, -0.05) is 13.0 Å². The van der Waals surface area contributed by atoms with Gasteiger partial charge in [-0.3, -0.25) is 9.69 Å². The van der Waals surface area contributed by atoms with Crippen molar-refractivity contribution in [2.75, 3.05) is 19.6 Å². The topological polar surface area (TPSA) is 83.6 Å². The fourth-order valence-electron chi connectivity index (χ4n) is 0.828. The second-order valence-corrected chi connectivity index (χ2v) is 2.53. The standard InChI is InChI=1S/C8H14N2O3/c1-2-10(6-7(9)11)5-3-4-8(12)13/h3-4H,2,5-6H2,1H3,(H2,9,11)(H,12,13)/b4-3+. The van der Waals surface area contributed by atoms with Gasteiger partial charge in [0.15, 0.2) is 0 Å². The van der Waals surface area contributed by atoms with Crippen molar-refractivity contribution in [1.29, 1.82) is 0 Å². The fourth-order valence-corrected chi connectivity index (χ4v) is 0.828. The first-order chi connectivity index (χ1) is 6.06. The number of carbonyl (C=O) groups excluding carboxylic acids is 1. The van der Waals surface area contributed by atoms with Gasteiger partial charge in [0.1, 0.15) is 0 Å². The number of amides is 1. The highest BCUT2D eigenvalue weighted by Crippen LogP contribution is 1.87. The smallest absolute Gasteiger partial charge is 0.328 e. The molecule has 0 aliphatic carbocycles. The maximum absolute atomic E-state index is 10.5. The lowest BCUT2D eigenvalue weighted by molar-refractivity contribution is -0.131. The average Bonchev–Trinajstić information content (AvgIpc) is 2.01. The summed E-state index contributed by atoms with van der Waals surface area (Å²) in [6, 6.07) is 0. The normalized spacial score (nSPS) is 10.9. The van der Waals surface area contributed by atoms with Crippen LogP contribution < -0.4 is 5.73 Å². The van der Waals surface area contributed by atoms with Gasteiger partial charge in [0, 0.05) is 12.6 Å². The van der Waals surface area contributed by atoms with Crippen LogP contribution in [0.25, 0.3) is 0 Å². The number of primary amides is 1. The Kier molecular flexibility index (Phi) is 5.54. The molecule has 1 amide bonds. The molecule has 0 bridgehead atoms. The van der Waals surface area contributed by atoms with E-state index in [4.69, 9.17) is 10.8 Å². The van der Waals surface area contributed by atoms with Gasteiger partial charge >= 0.3 is 5.97 Å². The highest BCUT2D eigenvalue weighted by Gasteiger charge is 2.02. The van der Waals surface area contributed by atoms with Crippen molar-refractivity contribution in [3.8, 4) is 0 Å². The van der Waals surface area contributed by atoms with Crippen molar-refractivity contribution in [2.45, 2.75) is 6.92 Å². The molecular weight excluding hydrogens is 172 g/mol. The molecular formula is C8H14N2O3. The molecule has 0 aromatic rings. The van der Waals surface area contributed by atoms with Crippen molar-refractivity contribution in [2.24, 2.45) is 5.73 Å². The predicted octanol–water partition coefficient (Wildman–Crippen LogP) is -0.566. The molecule has 0 aromatic carbocycles. The predicted molar refractivity (Wildman–Crippen MR) is 48.1 cm³/mol. The van der Waals surface area contributed by atoms with E-state index >= 15 is 0 Å². The highest BCUT2D eigenvalue weighted by molar-refractivity contribution is 5.79. The molecule has 0 atom stereocenters. The molecule has 0 radical (unpaired) electrons. The molecule has 0 saturated carbocycles. The molecule has 0 unspecified atom stereocenters. The molecule has 13 heavy (non-hydrogen) atoms. The summed E-state index contributed by atoms with van der Waals surface area (Å²) in [7, 11) is 0. The van der Waals surface area contributed by atoms with Crippen LogP contribution in [-0.2, 0) is 9.59 Å². The molecule has 5 nitrogen and oxygen atoms in total. The van der Waals surface area contributed by atoms with Crippen molar-refractivity contribution in [1.82, 2.24) is 4.90 Å². The third-order valence-corrected chi connectivity index (χ3v) is 1.45. The number of carboxylic acids is 1. The number of rotatable bonds is 6. The highest BCUT2D eigenvalue weighted by atomic mass is 16.4. The molecule has 5 heteroatoms. The van der Waals surface area contributed by atoms with Crippen molar-refractivity contribution in [3.63, 3.8) is 0 Å². The van der Waals surface area contributed by atoms with E-state index in [2.05, 4.69) is 0 Å². The summed E-state index contributed by atoms with van der Waals surface area (Å²) in [6.45, 7) is 3.11. The Labute approximate surface area is 76.8 Å². The number of nitrogens with two attached hydrogens (primary N) is 1. The summed E-state index contributed by atoms with van der Waals surface area (Å²) in [5.41, 5.74) is 4.98. The van der Waals surface area contributed by atoms with Gasteiger partial charge in [-0.15, -0.1) is 0 Å². The van der Waals surface area contributed by atoms with E-state index in [1.54, 1.807) is 4.90 Å². The van der Waals surface area contributed by atoms with Crippen LogP contribution in [-0.4, -0.2) is 41.5 Å². The number of hydrogen-bond donors (Lipinski definition) is 2. The van der Waals surface area contributed by atoms with Gasteiger partial charge in [0.05, 0.1) is 6.54 Å². The molecule has 0 aromatic heterocycles. The van der Waals surface area contributed by atoms with E-state index in [0.29, 0.717) is 13.1 Å². The van der Waals surface area contributed by atoms with Gasteiger partial charge in [0.2, 0.25) is 5.91 Å². The number of carboxylic acid groups (broad SMARTS) is 1. The minimum Gasteiger partial charge on any atom is -0.478 e. The van der Waals surface area contributed by atoms with Gasteiger partial charge in [-0.25, -0.2) is 4.79 Å². The first-order valence-electron chi connectivity index (χ1n) is 3.96. The first-order valence-corrected chi connectivity index (χ1v) is 3.96. The van der Waals surface area contributed by atoms with E-state index in [-0.39, 0.29) is 6.54 Å². The summed E-state index contributed by atoms with van der Waals surface area (Å²) < 4.78 is 0. The zero-order chi connectivity index (χ0) is 10.3. The first kappa shape index (κ1) is 11.6.